The SMILES string of the molecule is C=N/C(=C1/C=NC(c2cncc3cccc(CC)c23)=C(F)/C1=N/CCN1CCC(COc2cc(C(C(C)C)C(CCCNC)C(=O)NC(C)c3ccc(-c4scnc4C)cc3)on2)CC1)N1CC2CCC(C1)N2. The van der Waals surface area contributed by atoms with Gasteiger partial charge >= 0.3 is 0 Å². The lowest BCUT2D eigenvalue weighted by Gasteiger charge is -2.35. The zero-order valence-electron chi connectivity index (χ0n) is 43.4. The van der Waals surface area contributed by atoms with Gasteiger partial charge < -0.3 is 35.0 Å². The number of carbonyl (C=O) groups excluding carboxylic acids is 1. The second-order valence-electron chi connectivity index (χ2n) is 20.6. The van der Waals surface area contributed by atoms with Crippen molar-refractivity contribution < 1.29 is 18.4 Å². The quantitative estimate of drug-likeness (QED) is 0.0478. The first-order valence-electron chi connectivity index (χ1n) is 26.4. The van der Waals surface area contributed by atoms with Crippen LogP contribution in [0.25, 0.3) is 26.9 Å². The van der Waals surface area contributed by atoms with Gasteiger partial charge in [0.15, 0.2) is 5.83 Å². The number of aryl methyl sites for hydroxylation is 2. The molecule has 2 aromatic carbocycles. The highest BCUT2D eigenvalue weighted by atomic mass is 32.1. The molecule has 16 heteroatoms. The zero-order valence-corrected chi connectivity index (χ0v) is 44.2. The maximum atomic E-state index is 17.3. The predicted molar refractivity (Wildman–Crippen MR) is 292 cm³/mol. The number of nitrogens with one attached hydrogen (secondary N) is 3. The van der Waals surface area contributed by atoms with E-state index in [9.17, 15) is 4.79 Å². The third-order valence-electron chi connectivity index (χ3n) is 15.3. The molecule has 3 aromatic heterocycles. The summed E-state index contributed by atoms with van der Waals surface area (Å²) in [5, 5.41) is 16.5. The number of piperazine rings is 1. The number of aliphatic imine (C=N–C) groups is 3. The maximum Gasteiger partial charge on any atom is 0.254 e. The smallest absolute Gasteiger partial charge is 0.254 e. The Hall–Kier alpha value is -5.94. The Morgan fingerprint density at radius 2 is 1.85 bits per heavy atom. The summed E-state index contributed by atoms with van der Waals surface area (Å²) in [7, 11) is 1.94. The van der Waals surface area contributed by atoms with E-state index in [0.717, 1.165) is 109 Å². The van der Waals surface area contributed by atoms with Crippen molar-refractivity contribution in [3.05, 3.63) is 112 Å². The molecule has 7 heterocycles. The summed E-state index contributed by atoms with van der Waals surface area (Å²) in [4.78, 5) is 43.3. The number of hydrogen-bond acceptors (Lipinski definition) is 14. The van der Waals surface area contributed by atoms with Crippen molar-refractivity contribution in [1.82, 2.24) is 40.9 Å². The van der Waals surface area contributed by atoms with Crippen LogP contribution in [0, 0.1) is 24.7 Å². The molecular formula is C57H72FN11O3S. The molecular weight excluding hydrogens is 938 g/mol. The van der Waals surface area contributed by atoms with Gasteiger partial charge in [-0.25, -0.2) is 14.4 Å². The number of fused-ring (bicyclic) bond motifs is 3. The molecule has 5 atom stereocenters. The van der Waals surface area contributed by atoms with Crippen LogP contribution in [-0.2, 0) is 11.2 Å². The molecule has 9 rings (SSSR count). The second kappa shape index (κ2) is 23.9. The molecule has 3 fully saturated rings. The number of allylic oxidation sites excluding steroid dienone is 2. The first-order valence-corrected chi connectivity index (χ1v) is 27.2. The minimum Gasteiger partial charge on any atom is -0.475 e. The van der Waals surface area contributed by atoms with Gasteiger partial charge in [0.2, 0.25) is 5.91 Å². The number of carbonyl (C=O) groups is 1. The average molecular weight is 1010 g/mol. The Bertz CT molecular complexity index is 2830. The van der Waals surface area contributed by atoms with Gasteiger partial charge in [-0.3, -0.25) is 19.8 Å². The molecule has 0 saturated carbocycles. The number of benzene rings is 2. The van der Waals surface area contributed by atoms with Crippen LogP contribution in [0.1, 0.15) is 106 Å². The van der Waals surface area contributed by atoms with Crippen molar-refractivity contribution in [2.45, 2.75) is 104 Å². The summed E-state index contributed by atoms with van der Waals surface area (Å²) < 4.78 is 29.6. The molecule has 386 valence electrons. The van der Waals surface area contributed by atoms with Crippen LogP contribution in [0.2, 0.25) is 0 Å². The number of amides is 1. The number of aromatic nitrogens is 3. The van der Waals surface area contributed by atoms with Crippen LogP contribution >= 0.6 is 11.3 Å². The summed E-state index contributed by atoms with van der Waals surface area (Å²) in [6, 6.07) is 16.9. The van der Waals surface area contributed by atoms with Crippen LogP contribution in [0.15, 0.2) is 103 Å². The maximum absolute atomic E-state index is 17.3. The summed E-state index contributed by atoms with van der Waals surface area (Å²) in [6.07, 6.45) is 11.7. The van der Waals surface area contributed by atoms with Gasteiger partial charge in [-0.05, 0) is 131 Å². The van der Waals surface area contributed by atoms with E-state index in [2.05, 4.69) is 104 Å². The lowest BCUT2D eigenvalue weighted by atomic mass is 9.78. The molecule has 0 spiro atoms. The van der Waals surface area contributed by atoms with Gasteiger partial charge in [-0.1, -0.05) is 63.2 Å². The fourth-order valence-corrected chi connectivity index (χ4v) is 12.2. The van der Waals surface area contributed by atoms with Crippen LogP contribution in [-0.4, -0.2) is 121 Å². The summed E-state index contributed by atoms with van der Waals surface area (Å²) in [5.41, 5.74) is 7.90. The average Bonchev–Trinajstić information content (AvgIpc) is 4.15. The Balaban J connectivity index is 0.835. The number of rotatable bonds is 21. The van der Waals surface area contributed by atoms with E-state index < -0.39 is 5.83 Å². The van der Waals surface area contributed by atoms with Crippen LogP contribution in [0.4, 0.5) is 4.39 Å². The van der Waals surface area contributed by atoms with E-state index in [-0.39, 0.29) is 41.1 Å². The van der Waals surface area contributed by atoms with E-state index in [1.165, 1.54) is 0 Å². The molecule has 4 aliphatic heterocycles. The van der Waals surface area contributed by atoms with E-state index in [1.807, 2.05) is 50.8 Å². The van der Waals surface area contributed by atoms with Gasteiger partial charge in [0.1, 0.15) is 23.0 Å². The number of ether oxygens (including phenoxy) is 1. The molecule has 4 aliphatic rings. The van der Waals surface area contributed by atoms with Gasteiger partial charge in [0.25, 0.3) is 5.88 Å². The minimum absolute atomic E-state index is 0.00169. The molecule has 5 aromatic rings. The summed E-state index contributed by atoms with van der Waals surface area (Å²) in [5.74, 6) is 1.19. The number of likely N-dealkylation sites (tertiary alicyclic amines) is 2. The Morgan fingerprint density at radius 3 is 2.55 bits per heavy atom. The summed E-state index contributed by atoms with van der Waals surface area (Å²) in [6.45, 7) is 20.1. The third kappa shape index (κ3) is 11.9. The first-order chi connectivity index (χ1) is 35.5. The minimum atomic E-state index is -0.467. The Labute approximate surface area is 433 Å². The van der Waals surface area contributed by atoms with Gasteiger partial charge in [0, 0.05) is 79.2 Å². The standard InChI is InChI=1S/C57H72FN11O3S/c1-8-39-11-9-12-42-28-61-29-46(51(39)42)53-52(58)54(47(30-63-53)56(60-7)69-31-43-18-19-44(32-69)66-43)62-23-26-68-24-20-38(21-25-68)33-71-49-27-48(72-67-49)50(35(2)3)45(13-10-22-59-6)57(70)65-36(4)40-14-16-41(17-15-40)55-37(5)64-34-73-55/h9,11-12,14-17,27-30,34-36,38,43-45,50,59,66H,7-8,10,13,18-26,31-33H2,1-6H3,(H,65,70)/b56-47+,62-54+. The first kappa shape index (κ1) is 51.9. The molecule has 73 heavy (non-hydrogen) atoms. The fraction of sp³-hybridized carbons (Fsp3) is 0.491. The zero-order chi connectivity index (χ0) is 51.0. The molecule has 5 unspecified atom stereocenters. The lowest BCUT2D eigenvalue weighted by molar-refractivity contribution is -0.127. The second-order valence-corrected chi connectivity index (χ2v) is 21.4. The largest absolute Gasteiger partial charge is 0.475 e. The number of piperidine rings is 1. The molecule has 14 nitrogen and oxygen atoms in total. The van der Waals surface area contributed by atoms with Crippen LogP contribution in [0.5, 0.6) is 5.88 Å². The molecule has 3 saturated heterocycles. The highest BCUT2D eigenvalue weighted by Gasteiger charge is 2.37. The molecule has 3 N–H and O–H groups in total. The van der Waals surface area contributed by atoms with Crippen molar-refractivity contribution >= 4 is 52.4 Å². The summed E-state index contributed by atoms with van der Waals surface area (Å²) >= 11 is 1.63. The lowest BCUT2D eigenvalue weighted by Crippen LogP contribution is -2.50. The van der Waals surface area contributed by atoms with E-state index >= 15 is 4.39 Å². The molecule has 2 bridgehead atoms. The normalized spacial score (nSPS) is 21.0. The third-order valence-corrected chi connectivity index (χ3v) is 16.3. The van der Waals surface area contributed by atoms with Crippen molar-refractivity contribution in [3.8, 4) is 16.3 Å². The number of thiazole rings is 1. The topological polar surface area (TPSA) is 158 Å². The molecule has 0 radical (unpaired) electrons. The van der Waals surface area contributed by atoms with Crippen molar-refractivity contribution in [1.29, 1.82) is 0 Å². The molecule has 0 aliphatic carbocycles. The number of halogens is 1. The fourth-order valence-electron chi connectivity index (χ4n) is 11.3. The van der Waals surface area contributed by atoms with Crippen LogP contribution in [0.3, 0.4) is 0 Å². The van der Waals surface area contributed by atoms with Crippen molar-refractivity contribution in [2.75, 3.05) is 59.5 Å². The van der Waals surface area contributed by atoms with Crippen molar-refractivity contribution in [2.24, 2.45) is 32.7 Å². The van der Waals surface area contributed by atoms with Crippen molar-refractivity contribution in [3.63, 3.8) is 0 Å². The van der Waals surface area contributed by atoms with Crippen LogP contribution < -0.4 is 20.7 Å². The van der Waals surface area contributed by atoms with Gasteiger partial charge in [-0.2, -0.15) is 0 Å². The van der Waals surface area contributed by atoms with Gasteiger partial charge in [0.05, 0.1) is 40.8 Å². The van der Waals surface area contributed by atoms with E-state index in [1.54, 1.807) is 23.7 Å². The highest BCUT2D eigenvalue weighted by molar-refractivity contribution is 7.13. The monoisotopic (exact) mass is 1010 g/mol. The highest BCUT2D eigenvalue weighted by Crippen LogP contribution is 2.39. The Kier molecular flexibility index (Phi) is 17.0. The number of nitrogens with zero attached hydrogens (tertiary/aromatic N) is 8. The van der Waals surface area contributed by atoms with E-state index in [0.29, 0.717) is 72.7 Å². The van der Waals surface area contributed by atoms with E-state index in [4.69, 9.17) is 19.2 Å². The predicted octanol–water partition coefficient (Wildman–Crippen LogP) is 9.75. The number of pyridine rings is 1. The molecule has 1 amide bonds. The Morgan fingerprint density at radius 1 is 1.07 bits per heavy atom. The number of hydrogen-bond donors (Lipinski definition) is 3. The van der Waals surface area contributed by atoms with Gasteiger partial charge in [-0.15, -0.1) is 11.3 Å².